The average molecular weight is 371 g/mol. The third-order valence-electron chi connectivity index (χ3n) is 4.96. The van der Waals surface area contributed by atoms with Crippen LogP contribution in [0.25, 0.3) is 10.9 Å². The van der Waals surface area contributed by atoms with Crippen LogP contribution >= 0.6 is 11.3 Å². The molecule has 1 aliphatic rings. The molecule has 1 saturated heterocycles. The molecule has 0 aliphatic carbocycles. The van der Waals surface area contributed by atoms with Crippen molar-refractivity contribution in [3.05, 3.63) is 46.6 Å². The van der Waals surface area contributed by atoms with Crippen molar-refractivity contribution in [1.82, 2.24) is 15.3 Å². The topological polar surface area (TPSA) is 53.2 Å². The van der Waals surface area contributed by atoms with Gasteiger partial charge in [0.25, 0.3) is 0 Å². The fourth-order valence-corrected chi connectivity index (χ4v) is 4.42. The maximum atomic E-state index is 5.41. The molecule has 0 spiro atoms. The standard InChI is InChI=1S/C20H26N4OS/c1-2-15-4-3-5-18-16(12-22-19(15)18)6-7-21-13-17-14-23-20(26-17)24-8-10-25-11-9-24/h3-5,12,14,21-22H,2,6-11,13H2,1H3. The molecule has 0 amide bonds. The molecule has 138 valence electrons. The smallest absolute Gasteiger partial charge is 0.185 e. The zero-order valence-corrected chi connectivity index (χ0v) is 16.1. The van der Waals surface area contributed by atoms with Crippen LogP contribution in [0.3, 0.4) is 0 Å². The van der Waals surface area contributed by atoms with Crippen molar-refractivity contribution in [2.45, 2.75) is 26.3 Å². The van der Waals surface area contributed by atoms with E-state index in [2.05, 4.69) is 51.5 Å². The second-order valence-corrected chi connectivity index (χ2v) is 7.74. The summed E-state index contributed by atoms with van der Waals surface area (Å²) in [6, 6.07) is 6.59. The highest BCUT2D eigenvalue weighted by Crippen LogP contribution is 2.24. The van der Waals surface area contributed by atoms with Crippen molar-refractivity contribution >= 4 is 27.4 Å². The van der Waals surface area contributed by atoms with Crippen molar-refractivity contribution in [1.29, 1.82) is 0 Å². The molecule has 6 heteroatoms. The van der Waals surface area contributed by atoms with Gasteiger partial charge in [-0.2, -0.15) is 0 Å². The summed E-state index contributed by atoms with van der Waals surface area (Å²) >= 11 is 1.79. The van der Waals surface area contributed by atoms with E-state index in [1.807, 2.05) is 6.20 Å². The zero-order valence-electron chi connectivity index (χ0n) is 15.3. The molecule has 1 fully saturated rings. The number of hydrogen-bond acceptors (Lipinski definition) is 5. The van der Waals surface area contributed by atoms with Gasteiger partial charge in [-0.25, -0.2) is 4.98 Å². The molecule has 0 bridgehead atoms. The minimum absolute atomic E-state index is 0.803. The van der Waals surface area contributed by atoms with Crippen LogP contribution in [0.4, 0.5) is 5.13 Å². The number of nitrogens with one attached hydrogen (secondary N) is 2. The Bertz CT molecular complexity index is 850. The van der Waals surface area contributed by atoms with Crippen molar-refractivity contribution in [2.75, 3.05) is 37.7 Å². The molecule has 2 aromatic heterocycles. The summed E-state index contributed by atoms with van der Waals surface area (Å²) in [6.45, 7) is 7.55. The van der Waals surface area contributed by atoms with Gasteiger partial charge in [-0.1, -0.05) is 25.1 Å². The first-order chi connectivity index (χ1) is 12.8. The van der Waals surface area contributed by atoms with Gasteiger partial charge in [-0.15, -0.1) is 11.3 Å². The zero-order chi connectivity index (χ0) is 17.8. The van der Waals surface area contributed by atoms with Crippen LogP contribution in [0, 0.1) is 0 Å². The minimum atomic E-state index is 0.803. The van der Waals surface area contributed by atoms with Crippen LogP contribution in [0.5, 0.6) is 0 Å². The number of aromatic amines is 1. The van der Waals surface area contributed by atoms with E-state index in [4.69, 9.17) is 4.74 Å². The van der Waals surface area contributed by atoms with Crippen molar-refractivity contribution in [2.24, 2.45) is 0 Å². The number of aromatic nitrogens is 2. The second kappa shape index (κ2) is 8.20. The number of anilines is 1. The molecule has 2 N–H and O–H groups in total. The molecule has 0 atom stereocenters. The SMILES string of the molecule is CCc1cccc2c(CCNCc3cnc(N4CCOCC4)s3)c[nH]c12. The van der Waals surface area contributed by atoms with Gasteiger partial charge in [0, 0.05) is 47.8 Å². The van der Waals surface area contributed by atoms with Crippen molar-refractivity contribution < 1.29 is 4.74 Å². The number of H-pyrrole nitrogens is 1. The largest absolute Gasteiger partial charge is 0.378 e. The Morgan fingerprint density at radius 3 is 3.00 bits per heavy atom. The number of hydrogen-bond donors (Lipinski definition) is 2. The van der Waals surface area contributed by atoms with E-state index in [9.17, 15) is 0 Å². The number of morpholine rings is 1. The van der Waals surface area contributed by atoms with Gasteiger partial charge < -0.3 is 19.9 Å². The Hall–Kier alpha value is -1.89. The molecule has 0 saturated carbocycles. The molecule has 0 radical (unpaired) electrons. The summed E-state index contributed by atoms with van der Waals surface area (Å²) in [4.78, 5) is 11.6. The van der Waals surface area contributed by atoms with E-state index in [0.717, 1.165) is 57.4 Å². The number of nitrogens with zero attached hydrogens (tertiary/aromatic N) is 2. The summed E-state index contributed by atoms with van der Waals surface area (Å²) in [5.74, 6) is 0. The summed E-state index contributed by atoms with van der Waals surface area (Å²) < 4.78 is 5.41. The van der Waals surface area contributed by atoms with Gasteiger partial charge in [0.15, 0.2) is 5.13 Å². The molecule has 3 aromatic rings. The third-order valence-corrected chi connectivity index (χ3v) is 6.02. The maximum Gasteiger partial charge on any atom is 0.185 e. The van der Waals surface area contributed by atoms with E-state index in [1.54, 1.807) is 11.3 Å². The highest BCUT2D eigenvalue weighted by atomic mass is 32.1. The first-order valence-electron chi connectivity index (χ1n) is 9.41. The summed E-state index contributed by atoms with van der Waals surface area (Å²) in [6.07, 6.45) is 6.26. The van der Waals surface area contributed by atoms with Gasteiger partial charge in [-0.05, 0) is 30.5 Å². The normalized spacial score (nSPS) is 15.0. The Labute approximate surface area is 158 Å². The summed E-state index contributed by atoms with van der Waals surface area (Å²) in [5.41, 5.74) is 4.07. The van der Waals surface area contributed by atoms with Crippen LogP contribution in [-0.2, 0) is 24.1 Å². The predicted molar refractivity (Wildman–Crippen MR) is 108 cm³/mol. The first kappa shape index (κ1) is 17.5. The van der Waals surface area contributed by atoms with E-state index in [-0.39, 0.29) is 0 Å². The number of aryl methyl sites for hydroxylation is 1. The van der Waals surface area contributed by atoms with Crippen LogP contribution in [0.15, 0.2) is 30.6 Å². The Kier molecular flexibility index (Phi) is 5.53. The monoisotopic (exact) mass is 370 g/mol. The number of fused-ring (bicyclic) bond motifs is 1. The summed E-state index contributed by atoms with van der Waals surface area (Å²) in [7, 11) is 0. The fraction of sp³-hybridized carbons (Fsp3) is 0.450. The van der Waals surface area contributed by atoms with Gasteiger partial charge >= 0.3 is 0 Å². The quantitative estimate of drug-likeness (QED) is 0.626. The van der Waals surface area contributed by atoms with Crippen molar-refractivity contribution in [3.63, 3.8) is 0 Å². The van der Waals surface area contributed by atoms with Crippen LogP contribution < -0.4 is 10.2 Å². The number of rotatable bonds is 7. The molecule has 0 unspecified atom stereocenters. The Morgan fingerprint density at radius 2 is 2.15 bits per heavy atom. The molecule has 1 aliphatic heterocycles. The minimum Gasteiger partial charge on any atom is -0.378 e. The Balaban J connectivity index is 1.30. The third kappa shape index (κ3) is 3.77. The number of benzene rings is 1. The molecule has 26 heavy (non-hydrogen) atoms. The van der Waals surface area contributed by atoms with Crippen molar-refractivity contribution in [3.8, 4) is 0 Å². The molecule has 1 aromatic carbocycles. The lowest BCUT2D eigenvalue weighted by Gasteiger charge is -2.25. The van der Waals surface area contributed by atoms with Gasteiger partial charge in [0.1, 0.15) is 0 Å². The fourth-order valence-electron chi connectivity index (χ4n) is 3.49. The number of para-hydroxylation sites is 1. The highest BCUT2D eigenvalue weighted by Gasteiger charge is 2.14. The van der Waals surface area contributed by atoms with Gasteiger partial charge in [0.2, 0.25) is 0 Å². The molecule has 5 nitrogen and oxygen atoms in total. The summed E-state index contributed by atoms with van der Waals surface area (Å²) in [5, 5.41) is 6.04. The lowest BCUT2D eigenvalue weighted by molar-refractivity contribution is 0.122. The lowest BCUT2D eigenvalue weighted by Crippen LogP contribution is -2.36. The van der Waals surface area contributed by atoms with Crippen LogP contribution in [0.2, 0.25) is 0 Å². The average Bonchev–Trinajstić information content (AvgIpc) is 3.33. The van der Waals surface area contributed by atoms with E-state index >= 15 is 0 Å². The van der Waals surface area contributed by atoms with Crippen LogP contribution in [0.1, 0.15) is 22.9 Å². The Morgan fingerprint density at radius 1 is 1.27 bits per heavy atom. The molecular weight excluding hydrogens is 344 g/mol. The number of thiazole rings is 1. The van der Waals surface area contributed by atoms with Gasteiger partial charge in [0.05, 0.1) is 13.2 Å². The number of ether oxygens (including phenoxy) is 1. The van der Waals surface area contributed by atoms with E-state index < -0.39 is 0 Å². The highest BCUT2D eigenvalue weighted by molar-refractivity contribution is 7.15. The first-order valence-corrected chi connectivity index (χ1v) is 10.2. The molecular formula is C20H26N4OS. The maximum absolute atomic E-state index is 5.41. The van der Waals surface area contributed by atoms with Crippen LogP contribution in [-0.4, -0.2) is 42.8 Å². The predicted octanol–water partition coefficient (Wildman–Crippen LogP) is 3.36. The van der Waals surface area contributed by atoms with E-state index in [1.165, 1.54) is 26.9 Å². The van der Waals surface area contributed by atoms with E-state index in [0.29, 0.717) is 0 Å². The molecule has 3 heterocycles. The second-order valence-electron chi connectivity index (χ2n) is 6.64. The lowest BCUT2D eigenvalue weighted by atomic mass is 10.1. The molecule has 4 rings (SSSR count). The van der Waals surface area contributed by atoms with Gasteiger partial charge in [-0.3, -0.25) is 0 Å².